The number of thioether (sulfide) groups is 1. The van der Waals surface area contributed by atoms with E-state index in [4.69, 9.17) is 5.11 Å². The zero-order valence-electron chi connectivity index (χ0n) is 26.4. The fraction of sp³-hybridized carbons (Fsp3) is 0.278. The maximum absolute atomic E-state index is 13.7. The number of rotatable bonds is 12. The molecule has 0 aliphatic carbocycles. The Labute approximate surface area is 284 Å². The number of carboxylic acids is 1. The lowest BCUT2D eigenvalue weighted by molar-refractivity contribution is -0.140. The maximum atomic E-state index is 13.7. The highest BCUT2D eigenvalue weighted by Crippen LogP contribution is 2.34. The van der Waals surface area contributed by atoms with Crippen LogP contribution < -0.4 is 15.5 Å². The fourth-order valence-electron chi connectivity index (χ4n) is 5.45. The van der Waals surface area contributed by atoms with Gasteiger partial charge in [-0.15, -0.1) is 0 Å². The molecule has 2 heterocycles. The van der Waals surface area contributed by atoms with E-state index in [0.29, 0.717) is 40.1 Å². The minimum Gasteiger partial charge on any atom is -0.481 e. The van der Waals surface area contributed by atoms with Crippen LogP contribution in [0.15, 0.2) is 79.0 Å². The van der Waals surface area contributed by atoms with Crippen molar-refractivity contribution in [1.29, 1.82) is 0 Å². The Morgan fingerprint density at radius 2 is 1.65 bits per heavy atom. The topological polar surface area (TPSA) is 112 Å². The van der Waals surface area contributed by atoms with Crippen LogP contribution in [0.1, 0.15) is 63.1 Å². The third-order valence-corrected chi connectivity index (χ3v) is 9.01. The predicted octanol–water partition coefficient (Wildman–Crippen LogP) is 7.79. The van der Waals surface area contributed by atoms with E-state index in [9.17, 15) is 31.9 Å². The standard InChI is InChI=1S/C36H34F4N4O4S/c37-30-9-7-23(18-29(30)36(38,39)40)21-42-34(47)26-11-13-41-32(19-26)28-20-27(44-14-2-1-3-15-44)8-10-31(28)43-35(48)25-6-4-5-24(17-25)22-49-16-12-33(45)46/h4-11,13,17-20H,1-3,12,14-16,21-22H2,(H,42,47)(H,43,48)(H,45,46). The number of piperidine rings is 1. The number of benzene rings is 3. The number of hydrogen-bond donors (Lipinski definition) is 3. The number of halogens is 4. The van der Waals surface area contributed by atoms with E-state index in [1.165, 1.54) is 30.1 Å². The molecule has 1 saturated heterocycles. The molecule has 1 aliphatic heterocycles. The molecule has 3 aromatic carbocycles. The van der Waals surface area contributed by atoms with Gasteiger partial charge in [-0.05, 0) is 85.0 Å². The third kappa shape index (κ3) is 9.59. The highest BCUT2D eigenvalue weighted by molar-refractivity contribution is 7.98. The summed E-state index contributed by atoms with van der Waals surface area (Å²) in [6, 6.07) is 18.3. The molecule has 0 saturated carbocycles. The molecule has 8 nitrogen and oxygen atoms in total. The molecule has 0 bridgehead atoms. The number of hydrogen-bond acceptors (Lipinski definition) is 6. The van der Waals surface area contributed by atoms with Crippen LogP contribution in [0.25, 0.3) is 11.3 Å². The summed E-state index contributed by atoms with van der Waals surface area (Å²) in [7, 11) is 0. The van der Waals surface area contributed by atoms with Gasteiger partial charge in [0.05, 0.1) is 23.4 Å². The largest absolute Gasteiger partial charge is 0.481 e. The number of alkyl halides is 3. The molecule has 5 rings (SSSR count). The minimum atomic E-state index is -4.87. The highest BCUT2D eigenvalue weighted by Gasteiger charge is 2.34. The molecule has 0 spiro atoms. The lowest BCUT2D eigenvalue weighted by atomic mass is 10.0. The molecular formula is C36H34F4N4O4S. The first-order chi connectivity index (χ1) is 23.5. The summed E-state index contributed by atoms with van der Waals surface area (Å²) >= 11 is 1.46. The number of anilines is 2. The van der Waals surface area contributed by atoms with Gasteiger partial charge in [-0.1, -0.05) is 18.2 Å². The van der Waals surface area contributed by atoms with Gasteiger partial charge in [0.1, 0.15) is 5.82 Å². The lowest BCUT2D eigenvalue weighted by Gasteiger charge is -2.29. The number of amides is 2. The summed E-state index contributed by atoms with van der Waals surface area (Å²) in [4.78, 5) is 44.2. The van der Waals surface area contributed by atoms with Gasteiger partial charge in [-0.25, -0.2) is 4.39 Å². The number of nitrogens with one attached hydrogen (secondary N) is 2. The van der Waals surface area contributed by atoms with Gasteiger partial charge in [0, 0.05) is 59.7 Å². The van der Waals surface area contributed by atoms with Crippen molar-refractivity contribution in [2.45, 2.75) is 44.2 Å². The highest BCUT2D eigenvalue weighted by atomic mass is 32.2. The van der Waals surface area contributed by atoms with Crippen molar-refractivity contribution < 1.29 is 37.1 Å². The third-order valence-electron chi connectivity index (χ3n) is 7.98. The number of carbonyl (C=O) groups excluding carboxylic acids is 2. The Bertz CT molecular complexity index is 1830. The molecule has 0 atom stereocenters. The molecule has 1 aliphatic rings. The Morgan fingerprint density at radius 1 is 0.878 bits per heavy atom. The molecule has 256 valence electrons. The minimum absolute atomic E-state index is 0.0506. The Kier molecular flexibility index (Phi) is 11.6. The van der Waals surface area contributed by atoms with Crippen LogP contribution in [0, 0.1) is 5.82 Å². The molecule has 1 aromatic heterocycles. The van der Waals surface area contributed by atoms with Crippen LogP contribution in [0.2, 0.25) is 0 Å². The van der Waals surface area contributed by atoms with E-state index in [-0.39, 0.29) is 30.0 Å². The van der Waals surface area contributed by atoms with Gasteiger partial charge in [0.2, 0.25) is 0 Å². The van der Waals surface area contributed by atoms with Gasteiger partial charge in [-0.2, -0.15) is 24.9 Å². The second-order valence-corrected chi connectivity index (χ2v) is 12.7. The zero-order valence-corrected chi connectivity index (χ0v) is 27.2. The van der Waals surface area contributed by atoms with Gasteiger partial charge >= 0.3 is 12.1 Å². The van der Waals surface area contributed by atoms with Gasteiger partial charge in [-0.3, -0.25) is 19.4 Å². The van der Waals surface area contributed by atoms with Crippen molar-refractivity contribution in [2.24, 2.45) is 0 Å². The predicted molar refractivity (Wildman–Crippen MR) is 181 cm³/mol. The van der Waals surface area contributed by atoms with Crippen LogP contribution in [-0.2, 0) is 23.3 Å². The van der Waals surface area contributed by atoms with Crippen molar-refractivity contribution in [3.63, 3.8) is 0 Å². The first-order valence-electron chi connectivity index (χ1n) is 15.7. The molecular weight excluding hydrogens is 660 g/mol. The van der Waals surface area contributed by atoms with E-state index in [1.807, 2.05) is 18.2 Å². The number of aromatic nitrogens is 1. The maximum Gasteiger partial charge on any atom is 0.419 e. The second-order valence-electron chi connectivity index (χ2n) is 11.6. The van der Waals surface area contributed by atoms with Crippen molar-refractivity contribution in [3.8, 4) is 11.3 Å². The van der Waals surface area contributed by atoms with Gasteiger partial charge in [0.25, 0.3) is 11.8 Å². The van der Waals surface area contributed by atoms with Crippen LogP contribution >= 0.6 is 11.8 Å². The molecule has 0 unspecified atom stereocenters. The number of pyridine rings is 1. The summed E-state index contributed by atoms with van der Waals surface area (Å²) in [5.41, 5.74) is 2.51. The molecule has 13 heteroatoms. The van der Waals surface area contributed by atoms with E-state index in [2.05, 4.69) is 20.5 Å². The monoisotopic (exact) mass is 694 g/mol. The zero-order chi connectivity index (χ0) is 35.0. The number of carboxylic acid groups (broad SMARTS) is 1. The number of nitrogens with zero attached hydrogens (tertiary/aromatic N) is 2. The van der Waals surface area contributed by atoms with E-state index < -0.39 is 29.4 Å². The molecule has 3 N–H and O–H groups in total. The van der Waals surface area contributed by atoms with Gasteiger partial charge < -0.3 is 20.6 Å². The first-order valence-corrected chi connectivity index (χ1v) is 16.8. The molecule has 2 amide bonds. The Hall–Kier alpha value is -4.91. The van der Waals surface area contributed by atoms with Crippen molar-refractivity contribution in [3.05, 3.63) is 113 Å². The summed E-state index contributed by atoms with van der Waals surface area (Å²) in [5, 5.41) is 14.4. The molecule has 1 fully saturated rings. The van der Waals surface area contributed by atoms with Gasteiger partial charge in [0.15, 0.2) is 0 Å². The quantitative estimate of drug-likeness (QED) is 0.103. The average molecular weight is 695 g/mol. The summed E-state index contributed by atoms with van der Waals surface area (Å²) in [6.07, 6.45) is -0.145. The Morgan fingerprint density at radius 3 is 2.41 bits per heavy atom. The van der Waals surface area contributed by atoms with Crippen molar-refractivity contribution in [1.82, 2.24) is 10.3 Å². The summed E-state index contributed by atoms with van der Waals surface area (Å²) in [6.45, 7) is 1.48. The van der Waals surface area contributed by atoms with Crippen LogP contribution in [0.4, 0.5) is 28.9 Å². The van der Waals surface area contributed by atoms with Crippen LogP contribution in [0.5, 0.6) is 0 Å². The van der Waals surface area contributed by atoms with Crippen LogP contribution in [0.3, 0.4) is 0 Å². The fourth-order valence-corrected chi connectivity index (χ4v) is 6.33. The second kappa shape index (κ2) is 16.0. The SMILES string of the molecule is O=C(O)CCSCc1cccc(C(=O)Nc2ccc(N3CCCCC3)cc2-c2cc(C(=O)NCc3ccc(F)c(C(F)(F)F)c3)ccn2)c1. The molecule has 0 radical (unpaired) electrons. The normalized spacial score (nSPS) is 13.2. The van der Waals surface area contributed by atoms with E-state index in [0.717, 1.165) is 49.7 Å². The lowest BCUT2D eigenvalue weighted by Crippen LogP contribution is -2.29. The van der Waals surface area contributed by atoms with Crippen LogP contribution in [-0.4, -0.2) is 46.7 Å². The summed E-state index contributed by atoms with van der Waals surface area (Å²) < 4.78 is 53.2. The number of carbonyl (C=O) groups is 3. The average Bonchev–Trinajstić information content (AvgIpc) is 3.09. The Balaban J connectivity index is 1.37. The molecule has 49 heavy (non-hydrogen) atoms. The van der Waals surface area contributed by atoms with E-state index >= 15 is 0 Å². The number of aliphatic carboxylic acids is 1. The first kappa shape index (κ1) is 35.4. The molecule has 4 aromatic rings. The summed E-state index contributed by atoms with van der Waals surface area (Å²) in [5.74, 6) is -2.19. The van der Waals surface area contributed by atoms with E-state index in [1.54, 1.807) is 30.3 Å². The van der Waals surface area contributed by atoms with Crippen molar-refractivity contribution >= 4 is 40.9 Å². The van der Waals surface area contributed by atoms with Crippen molar-refractivity contribution in [2.75, 3.05) is 29.1 Å². The smallest absolute Gasteiger partial charge is 0.419 e.